The molecule has 1 atom stereocenters. The van der Waals surface area contributed by atoms with Crippen LogP contribution in [0, 0.1) is 11.3 Å². The van der Waals surface area contributed by atoms with Crippen molar-refractivity contribution in [3.05, 3.63) is 42.4 Å². The zero-order chi connectivity index (χ0) is 15.2. The van der Waals surface area contributed by atoms with Crippen LogP contribution in [0.5, 0.6) is 11.6 Å². The van der Waals surface area contributed by atoms with Gasteiger partial charge in [-0.3, -0.25) is 4.79 Å². The number of rotatable bonds is 4. The second kappa shape index (κ2) is 6.63. The van der Waals surface area contributed by atoms with Crippen molar-refractivity contribution < 1.29 is 13.9 Å². The van der Waals surface area contributed by atoms with Gasteiger partial charge < -0.3 is 10.1 Å². The standard InChI is InChI=1S/C13H8ClFN4O2/c14-11(15)12(20)19-8-1-3-9(4-2-8)21-13-10(7-16)17-5-6-18-13/h1-6,11H,(H,19,20). The van der Waals surface area contributed by atoms with Crippen LogP contribution in [0.3, 0.4) is 0 Å². The number of hydrogen-bond donors (Lipinski definition) is 1. The van der Waals surface area contributed by atoms with Gasteiger partial charge in [-0.15, -0.1) is 0 Å². The normalized spacial score (nSPS) is 11.3. The van der Waals surface area contributed by atoms with Crippen molar-refractivity contribution in [3.63, 3.8) is 0 Å². The molecule has 1 heterocycles. The van der Waals surface area contributed by atoms with E-state index in [1.165, 1.54) is 36.7 Å². The fourth-order valence-electron chi connectivity index (χ4n) is 1.39. The molecule has 0 fully saturated rings. The first kappa shape index (κ1) is 14.7. The number of amides is 1. The predicted octanol–water partition coefficient (Wildman–Crippen LogP) is 2.61. The highest BCUT2D eigenvalue weighted by atomic mass is 35.5. The van der Waals surface area contributed by atoms with E-state index in [4.69, 9.17) is 21.6 Å². The SMILES string of the molecule is N#Cc1nccnc1Oc1ccc(NC(=O)C(F)Cl)cc1. The van der Waals surface area contributed by atoms with Crippen LogP contribution < -0.4 is 10.1 Å². The Morgan fingerprint density at radius 2 is 2.00 bits per heavy atom. The minimum absolute atomic E-state index is 0.0530. The van der Waals surface area contributed by atoms with Gasteiger partial charge in [-0.2, -0.15) is 5.26 Å². The number of carbonyl (C=O) groups excluding carboxylic acids is 1. The lowest BCUT2D eigenvalue weighted by Gasteiger charge is -2.07. The predicted molar refractivity (Wildman–Crippen MR) is 72.6 cm³/mol. The molecule has 106 valence electrons. The average Bonchev–Trinajstić information content (AvgIpc) is 2.49. The Hall–Kier alpha value is -2.72. The molecule has 1 aromatic heterocycles. The molecule has 21 heavy (non-hydrogen) atoms. The van der Waals surface area contributed by atoms with Crippen molar-refractivity contribution in [2.45, 2.75) is 5.63 Å². The van der Waals surface area contributed by atoms with Crippen LogP contribution >= 0.6 is 11.6 Å². The molecule has 2 rings (SSSR count). The van der Waals surface area contributed by atoms with Crippen molar-refractivity contribution in [1.29, 1.82) is 5.26 Å². The third kappa shape index (κ3) is 3.87. The summed E-state index contributed by atoms with van der Waals surface area (Å²) in [4.78, 5) is 18.8. The number of hydrogen-bond acceptors (Lipinski definition) is 5. The fourth-order valence-corrected chi connectivity index (χ4v) is 1.45. The highest BCUT2D eigenvalue weighted by Crippen LogP contribution is 2.23. The van der Waals surface area contributed by atoms with E-state index in [1.54, 1.807) is 0 Å². The monoisotopic (exact) mass is 306 g/mol. The number of anilines is 1. The third-order valence-electron chi connectivity index (χ3n) is 2.31. The van der Waals surface area contributed by atoms with Crippen molar-refractivity contribution in [3.8, 4) is 17.7 Å². The summed E-state index contributed by atoms with van der Waals surface area (Å²) in [7, 11) is 0. The highest BCUT2D eigenvalue weighted by molar-refractivity contribution is 6.31. The van der Waals surface area contributed by atoms with Crippen molar-refractivity contribution >= 4 is 23.2 Å². The van der Waals surface area contributed by atoms with Crippen LogP contribution in [0.2, 0.25) is 0 Å². The van der Waals surface area contributed by atoms with Gasteiger partial charge in [0.1, 0.15) is 11.8 Å². The van der Waals surface area contributed by atoms with Gasteiger partial charge in [-0.1, -0.05) is 11.6 Å². The molecule has 6 nitrogen and oxygen atoms in total. The molecular formula is C13H8ClFN4O2. The van der Waals surface area contributed by atoms with Gasteiger partial charge in [-0.05, 0) is 24.3 Å². The van der Waals surface area contributed by atoms with E-state index < -0.39 is 11.5 Å². The Labute approximate surface area is 124 Å². The number of carbonyl (C=O) groups is 1. The van der Waals surface area contributed by atoms with Gasteiger partial charge in [0, 0.05) is 18.1 Å². The summed E-state index contributed by atoms with van der Waals surface area (Å²) in [6, 6.07) is 7.89. The summed E-state index contributed by atoms with van der Waals surface area (Å²) in [6.07, 6.45) is 2.77. The van der Waals surface area contributed by atoms with Crippen molar-refractivity contribution in [2.24, 2.45) is 0 Å². The highest BCUT2D eigenvalue weighted by Gasteiger charge is 2.13. The Balaban J connectivity index is 2.09. The van der Waals surface area contributed by atoms with E-state index in [9.17, 15) is 9.18 Å². The molecule has 8 heteroatoms. The zero-order valence-electron chi connectivity index (χ0n) is 10.5. The summed E-state index contributed by atoms with van der Waals surface area (Å²) in [5, 5.41) is 11.1. The molecule has 0 aliphatic carbocycles. The first-order chi connectivity index (χ1) is 10.1. The summed E-state index contributed by atoms with van der Waals surface area (Å²) >= 11 is 5.00. The molecule has 0 aliphatic heterocycles. The van der Waals surface area contributed by atoms with E-state index in [-0.39, 0.29) is 11.6 Å². The molecular weight excluding hydrogens is 299 g/mol. The molecule has 1 aromatic carbocycles. The Morgan fingerprint density at radius 3 is 2.62 bits per heavy atom. The number of nitriles is 1. The molecule has 2 aromatic rings. The van der Waals surface area contributed by atoms with Gasteiger partial charge in [0.2, 0.25) is 5.69 Å². The Bertz CT molecular complexity index is 685. The molecule has 1 unspecified atom stereocenters. The molecule has 0 aliphatic rings. The average molecular weight is 307 g/mol. The molecule has 1 N–H and O–H groups in total. The maximum absolute atomic E-state index is 12.5. The van der Waals surface area contributed by atoms with Crippen LogP contribution in [0.4, 0.5) is 10.1 Å². The van der Waals surface area contributed by atoms with Gasteiger partial charge in [0.05, 0.1) is 0 Å². The van der Waals surface area contributed by atoms with E-state index in [0.29, 0.717) is 11.4 Å². The lowest BCUT2D eigenvalue weighted by molar-refractivity contribution is -0.118. The maximum atomic E-state index is 12.5. The number of nitrogens with one attached hydrogen (secondary N) is 1. The molecule has 0 spiro atoms. The van der Waals surface area contributed by atoms with E-state index in [1.807, 2.05) is 6.07 Å². The second-order valence-electron chi connectivity index (χ2n) is 3.74. The van der Waals surface area contributed by atoms with Gasteiger partial charge in [0.25, 0.3) is 17.4 Å². The zero-order valence-corrected chi connectivity index (χ0v) is 11.2. The van der Waals surface area contributed by atoms with Crippen LogP contribution in [0.1, 0.15) is 5.69 Å². The van der Waals surface area contributed by atoms with Gasteiger partial charge in [-0.25, -0.2) is 14.4 Å². The summed E-state index contributed by atoms with van der Waals surface area (Å²) < 4.78 is 17.9. The van der Waals surface area contributed by atoms with Crippen LogP contribution in [0.25, 0.3) is 0 Å². The van der Waals surface area contributed by atoms with E-state index in [2.05, 4.69) is 15.3 Å². The summed E-state index contributed by atoms with van der Waals surface area (Å²) in [6.45, 7) is 0. The molecule has 0 radical (unpaired) electrons. The summed E-state index contributed by atoms with van der Waals surface area (Å²) in [5.41, 5.74) is -1.70. The first-order valence-corrected chi connectivity index (χ1v) is 6.12. The van der Waals surface area contributed by atoms with Gasteiger partial charge >= 0.3 is 0 Å². The third-order valence-corrected chi connectivity index (χ3v) is 2.50. The fraction of sp³-hybridized carbons (Fsp3) is 0.0769. The van der Waals surface area contributed by atoms with Crippen molar-refractivity contribution in [1.82, 2.24) is 9.97 Å². The molecule has 0 bridgehead atoms. The largest absolute Gasteiger partial charge is 0.436 e. The smallest absolute Gasteiger partial charge is 0.274 e. The van der Waals surface area contributed by atoms with Crippen LogP contribution in [-0.2, 0) is 4.79 Å². The maximum Gasteiger partial charge on any atom is 0.274 e. The number of halogens is 2. The minimum atomic E-state index is -2.11. The van der Waals surface area contributed by atoms with E-state index in [0.717, 1.165) is 0 Å². The topological polar surface area (TPSA) is 87.9 Å². The molecule has 0 saturated carbocycles. The lowest BCUT2D eigenvalue weighted by Crippen LogP contribution is -2.19. The van der Waals surface area contributed by atoms with E-state index >= 15 is 0 Å². The summed E-state index contributed by atoms with van der Waals surface area (Å²) in [5.74, 6) is -0.500. The first-order valence-electron chi connectivity index (χ1n) is 5.68. The van der Waals surface area contributed by atoms with Crippen LogP contribution in [-0.4, -0.2) is 21.5 Å². The van der Waals surface area contributed by atoms with Crippen molar-refractivity contribution in [2.75, 3.05) is 5.32 Å². The number of nitrogens with zero attached hydrogens (tertiary/aromatic N) is 3. The Kier molecular flexibility index (Phi) is 4.64. The number of ether oxygens (including phenoxy) is 1. The molecule has 0 saturated heterocycles. The second-order valence-corrected chi connectivity index (χ2v) is 4.12. The lowest BCUT2D eigenvalue weighted by atomic mass is 10.3. The quantitative estimate of drug-likeness (QED) is 0.877. The Morgan fingerprint density at radius 1 is 1.33 bits per heavy atom. The number of alkyl halides is 2. The van der Waals surface area contributed by atoms with Crippen LogP contribution in [0.15, 0.2) is 36.7 Å². The number of aromatic nitrogens is 2. The van der Waals surface area contributed by atoms with Gasteiger partial charge in [0.15, 0.2) is 0 Å². The number of benzene rings is 1. The minimum Gasteiger partial charge on any atom is -0.436 e. The molecule has 1 amide bonds.